The molecule has 168 valence electrons. The Bertz CT molecular complexity index is 1590. The van der Waals surface area contributed by atoms with Crippen molar-refractivity contribution in [1.82, 2.24) is 4.57 Å². The first kappa shape index (κ1) is 21.2. The lowest BCUT2D eigenvalue weighted by atomic mass is 9.96. The van der Waals surface area contributed by atoms with E-state index in [0.29, 0.717) is 0 Å². The van der Waals surface area contributed by atoms with Crippen LogP contribution in [0.4, 0.5) is 0 Å². The van der Waals surface area contributed by atoms with Crippen molar-refractivity contribution in [1.29, 1.82) is 0 Å². The van der Waals surface area contributed by atoms with E-state index in [0.717, 1.165) is 6.42 Å². The number of nitrogens with zero attached hydrogens (tertiary/aromatic N) is 1. The molecule has 0 spiro atoms. The fourth-order valence-corrected chi connectivity index (χ4v) is 4.97. The van der Waals surface area contributed by atoms with Crippen LogP contribution in [0.15, 0.2) is 127 Å². The molecule has 6 rings (SSSR count). The molecule has 0 atom stereocenters. The van der Waals surface area contributed by atoms with E-state index in [1.165, 1.54) is 55.3 Å². The summed E-state index contributed by atoms with van der Waals surface area (Å²) in [6.45, 7) is 2.21. The molecule has 1 nitrogen and oxygen atoms in total. The third-order valence-electron chi connectivity index (χ3n) is 6.78. The van der Waals surface area contributed by atoms with Crippen LogP contribution in [0, 0.1) is 0 Å². The maximum Gasteiger partial charge on any atom is 0.0541 e. The summed E-state index contributed by atoms with van der Waals surface area (Å²) < 4.78 is 2.38. The number of rotatable bonds is 5. The third kappa shape index (κ3) is 3.96. The van der Waals surface area contributed by atoms with Crippen LogP contribution in [-0.4, -0.2) is 4.57 Å². The first-order valence-electron chi connectivity index (χ1n) is 12.3. The van der Waals surface area contributed by atoms with E-state index >= 15 is 0 Å². The summed E-state index contributed by atoms with van der Waals surface area (Å²) in [5, 5.41) is 2.62. The molecule has 0 radical (unpaired) electrons. The van der Waals surface area contributed by atoms with Crippen molar-refractivity contribution in [2.45, 2.75) is 13.3 Å². The molecule has 0 aliphatic rings. The topological polar surface area (TPSA) is 4.93 Å². The van der Waals surface area contributed by atoms with Gasteiger partial charge in [-0.1, -0.05) is 104 Å². The van der Waals surface area contributed by atoms with Crippen molar-refractivity contribution in [2.75, 3.05) is 0 Å². The van der Waals surface area contributed by atoms with E-state index in [1.807, 2.05) is 0 Å². The predicted octanol–water partition coefficient (Wildman–Crippen LogP) is 8.94. The number of hydrogen-bond donors (Lipinski definition) is 0. The van der Waals surface area contributed by atoms with Gasteiger partial charge in [-0.25, -0.2) is 0 Å². The highest BCUT2D eigenvalue weighted by Gasteiger charge is 2.12. The SMILES string of the molecule is CCc1ccc2c(c1)c1ccccc1n2-c1ccc(C=C(c2ccccc2)c2ccccc2)cc1. The lowest BCUT2D eigenvalue weighted by Crippen LogP contribution is -1.94. The van der Waals surface area contributed by atoms with Crippen LogP contribution in [0.25, 0.3) is 39.1 Å². The summed E-state index contributed by atoms with van der Waals surface area (Å²) in [5.41, 5.74) is 9.89. The quantitative estimate of drug-likeness (QED) is 0.232. The number of aromatic nitrogens is 1. The van der Waals surface area contributed by atoms with Crippen LogP contribution in [0.5, 0.6) is 0 Å². The summed E-state index contributed by atoms with van der Waals surface area (Å²) in [7, 11) is 0. The largest absolute Gasteiger partial charge is 0.309 e. The minimum absolute atomic E-state index is 1.04. The third-order valence-corrected chi connectivity index (χ3v) is 6.78. The normalized spacial score (nSPS) is 11.1. The molecule has 5 aromatic carbocycles. The lowest BCUT2D eigenvalue weighted by molar-refractivity contribution is 1.14. The summed E-state index contributed by atoms with van der Waals surface area (Å²) >= 11 is 0. The van der Waals surface area contributed by atoms with E-state index in [2.05, 4.69) is 145 Å². The van der Waals surface area contributed by atoms with Crippen LogP contribution < -0.4 is 0 Å². The Kier molecular flexibility index (Phi) is 5.52. The van der Waals surface area contributed by atoms with Gasteiger partial charge in [0, 0.05) is 16.5 Å². The van der Waals surface area contributed by atoms with Crippen LogP contribution >= 0.6 is 0 Å². The van der Waals surface area contributed by atoms with Crippen molar-refractivity contribution in [3.05, 3.63) is 150 Å². The fourth-order valence-electron chi connectivity index (χ4n) is 4.97. The highest BCUT2D eigenvalue weighted by atomic mass is 15.0. The van der Waals surface area contributed by atoms with E-state index in [-0.39, 0.29) is 0 Å². The van der Waals surface area contributed by atoms with E-state index in [1.54, 1.807) is 0 Å². The second-order valence-corrected chi connectivity index (χ2v) is 8.94. The van der Waals surface area contributed by atoms with Crippen molar-refractivity contribution in [3.63, 3.8) is 0 Å². The smallest absolute Gasteiger partial charge is 0.0541 e. The first-order chi connectivity index (χ1) is 17.3. The Morgan fingerprint density at radius 2 is 1.20 bits per heavy atom. The molecule has 1 heterocycles. The zero-order valence-electron chi connectivity index (χ0n) is 19.9. The Morgan fingerprint density at radius 1 is 0.600 bits per heavy atom. The predicted molar refractivity (Wildman–Crippen MR) is 150 cm³/mol. The fraction of sp³-hybridized carbons (Fsp3) is 0.0588. The van der Waals surface area contributed by atoms with Crippen molar-refractivity contribution in [3.8, 4) is 5.69 Å². The average Bonchev–Trinajstić information content (AvgIpc) is 3.26. The van der Waals surface area contributed by atoms with Gasteiger partial charge in [-0.2, -0.15) is 0 Å². The molecule has 0 unspecified atom stereocenters. The molecule has 0 aliphatic carbocycles. The highest BCUT2D eigenvalue weighted by Crippen LogP contribution is 2.33. The van der Waals surface area contributed by atoms with E-state index in [9.17, 15) is 0 Å². The Balaban J connectivity index is 1.47. The molecule has 0 bridgehead atoms. The molecule has 1 aromatic heterocycles. The Hall–Kier alpha value is -4.36. The molecule has 0 fully saturated rings. The van der Waals surface area contributed by atoms with Crippen LogP contribution in [-0.2, 0) is 6.42 Å². The minimum atomic E-state index is 1.04. The van der Waals surface area contributed by atoms with E-state index in [4.69, 9.17) is 0 Å². The van der Waals surface area contributed by atoms with Gasteiger partial charge in [-0.3, -0.25) is 0 Å². The molecular formula is C34H27N. The molecule has 0 saturated carbocycles. The number of para-hydroxylation sites is 1. The van der Waals surface area contributed by atoms with Crippen LogP contribution in [0.1, 0.15) is 29.2 Å². The second kappa shape index (κ2) is 9.12. The molecule has 0 N–H and O–H groups in total. The maximum absolute atomic E-state index is 2.38. The zero-order chi connectivity index (χ0) is 23.6. The molecule has 35 heavy (non-hydrogen) atoms. The van der Waals surface area contributed by atoms with Gasteiger partial charge in [0.2, 0.25) is 0 Å². The van der Waals surface area contributed by atoms with Gasteiger partial charge >= 0.3 is 0 Å². The number of hydrogen-bond acceptors (Lipinski definition) is 0. The molecule has 1 heteroatoms. The van der Waals surface area contributed by atoms with Gasteiger partial charge < -0.3 is 4.57 Å². The Morgan fingerprint density at radius 3 is 1.86 bits per heavy atom. The summed E-state index contributed by atoms with van der Waals surface area (Å²) in [6.07, 6.45) is 3.33. The first-order valence-corrected chi connectivity index (χ1v) is 12.3. The van der Waals surface area contributed by atoms with Gasteiger partial charge in [-0.05, 0) is 70.7 Å². The van der Waals surface area contributed by atoms with Crippen molar-refractivity contribution >= 4 is 33.5 Å². The van der Waals surface area contributed by atoms with Crippen molar-refractivity contribution < 1.29 is 0 Å². The lowest BCUT2D eigenvalue weighted by Gasteiger charge is -2.11. The van der Waals surface area contributed by atoms with Gasteiger partial charge in [-0.15, -0.1) is 0 Å². The van der Waals surface area contributed by atoms with Crippen LogP contribution in [0.2, 0.25) is 0 Å². The summed E-state index contributed by atoms with van der Waals surface area (Å²) in [4.78, 5) is 0. The monoisotopic (exact) mass is 449 g/mol. The second-order valence-electron chi connectivity index (χ2n) is 8.94. The molecule has 0 saturated heterocycles. The van der Waals surface area contributed by atoms with Crippen molar-refractivity contribution in [2.24, 2.45) is 0 Å². The average molecular weight is 450 g/mol. The van der Waals surface area contributed by atoms with E-state index < -0.39 is 0 Å². The maximum atomic E-state index is 2.38. The molecule has 0 aliphatic heterocycles. The molecule has 0 amide bonds. The molecular weight excluding hydrogens is 422 g/mol. The zero-order valence-corrected chi connectivity index (χ0v) is 19.9. The van der Waals surface area contributed by atoms with Gasteiger partial charge in [0.15, 0.2) is 0 Å². The highest BCUT2D eigenvalue weighted by molar-refractivity contribution is 6.09. The number of aryl methyl sites for hydroxylation is 1. The summed E-state index contributed by atoms with van der Waals surface area (Å²) in [6, 6.07) is 45.7. The standard InChI is InChI=1S/C34H27N/c1-2-25-19-22-34-32(23-25)30-15-9-10-16-33(30)35(34)29-20-17-26(18-21-29)24-31(27-11-5-3-6-12-27)28-13-7-4-8-14-28/h3-24H,2H2,1H3. The summed E-state index contributed by atoms with van der Waals surface area (Å²) in [5.74, 6) is 0. The minimum Gasteiger partial charge on any atom is -0.309 e. The number of fused-ring (bicyclic) bond motifs is 3. The van der Waals surface area contributed by atoms with Gasteiger partial charge in [0.05, 0.1) is 11.0 Å². The van der Waals surface area contributed by atoms with Crippen LogP contribution in [0.3, 0.4) is 0 Å². The number of benzene rings is 5. The van der Waals surface area contributed by atoms with Gasteiger partial charge in [0.25, 0.3) is 0 Å². The Labute approximate surface area is 206 Å². The van der Waals surface area contributed by atoms with Gasteiger partial charge in [0.1, 0.15) is 0 Å². The molecule has 6 aromatic rings.